The van der Waals surface area contributed by atoms with E-state index in [0.717, 1.165) is 6.42 Å². The topological polar surface area (TPSA) is 115 Å². The normalized spacial score (nSPS) is 15.2. The van der Waals surface area contributed by atoms with Crippen molar-refractivity contribution in [1.82, 2.24) is 15.2 Å². The van der Waals surface area contributed by atoms with E-state index in [1.54, 1.807) is 24.3 Å². The molecule has 4 atom stereocenters. The molecule has 9 heteroatoms. The molecule has 0 saturated heterocycles. The molecule has 1 rings (SSSR count). The Morgan fingerprint density at radius 1 is 1.27 bits per heavy atom. The standard InChI is InChI=1S/C21H36N4O4S/c1-8-13(5)18(22)20(27)25(7)17(12(3)4)10-15(23-14(6)26)19-24-16(11-30-19)21(28)29-9-2/h11-13,15,17-18H,8-10,22H2,1-7H3,(H,23,26)/t13?,15-,17-,18+/m1/s1. The molecule has 3 N–H and O–H groups in total. The summed E-state index contributed by atoms with van der Waals surface area (Å²) in [6.07, 6.45) is 1.28. The van der Waals surface area contributed by atoms with Gasteiger partial charge in [-0.05, 0) is 25.2 Å². The van der Waals surface area contributed by atoms with E-state index in [9.17, 15) is 14.4 Å². The Bertz CT molecular complexity index is 722. The lowest BCUT2D eigenvalue weighted by Gasteiger charge is -2.36. The summed E-state index contributed by atoms with van der Waals surface area (Å²) < 4.78 is 5.00. The van der Waals surface area contributed by atoms with Gasteiger partial charge in [-0.25, -0.2) is 9.78 Å². The molecule has 1 aromatic heterocycles. The first kappa shape index (κ1) is 26.0. The molecule has 1 aromatic rings. The van der Waals surface area contributed by atoms with Gasteiger partial charge in [0, 0.05) is 25.4 Å². The van der Waals surface area contributed by atoms with Crippen LogP contribution in [0, 0.1) is 11.8 Å². The minimum absolute atomic E-state index is 0.0741. The number of esters is 1. The molecular formula is C21H36N4O4S. The molecule has 0 bridgehead atoms. The predicted molar refractivity (Wildman–Crippen MR) is 118 cm³/mol. The molecule has 170 valence electrons. The number of carbonyl (C=O) groups excluding carboxylic acids is 3. The SMILES string of the molecule is CCOC(=O)c1csc([C@@H](C[C@H](C(C)C)N(C)C(=O)[C@@H](N)C(C)CC)NC(C)=O)n1. The summed E-state index contributed by atoms with van der Waals surface area (Å²) in [6, 6.07) is -1.17. The molecule has 0 spiro atoms. The first-order chi connectivity index (χ1) is 14.0. The number of hydrogen-bond acceptors (Lipinski definition) is 7. The van der Waals surface area contributed by atoms with E-state index in [-0.39, 0.29) is 42.0 Å². The Balaban J connectivity index is 3.11. The highest BCUT2D eigenvalue weighted by Gasteiger charge is 2.32. The van der Waals surface area contributed by atoms with Crippen molar-refractivity contribution in [2.45, 2.75) is 72.5 Å². The number of ether oxygens (including phenoxy) is 1. The van der Waals surface area contributed by atoms with E-state index in [1.807, 2.05) is 27.7 Å². The number of aromatic nitrogens is 1. The Hall–Kier alpha value is -2.00. The van der Waals surface area contributed by atoms with Crippen LogP contribution in [0.4, 0.5) is 0 Å². The quantitative estimate of drug-likeness (QED) is 0.511. The summed E-state index contributed by atoms with van der Waals surface area (Å²) in [6.45, 7) is 11.5. The molecule has 0 aliphatic rings. The molecule has 2 amide bonds. The second-order valence-corrected chi connectivity index (χ2v) is 8.84. The summed E-state index contributed by atoms with van der Waals surface area (Å²) in [7, 11) is 1.76. The van der Waals surface area contributed by atoms with Crippen molar-refractivity contribution in [3.05, 3.63) is 16.1 Å². The fraction of sp³-hybridized carbons (Fsp3) is 0.714. The van der Waals surface area contributed by atoms with Crippen molar-refractivity contribution in [2.24, 2.45) is 17.6 Å². The van der Waals surface area contributed by atoms with Gasteiger partial charge in [-0.3, -0.25) is 9.59 Å². The number of amides is 2. The third kappa shape index (κ3) is 7.05. The zero-order valence-electron chi connectivity index (χ0n) is 19.1. The fourth-order valence-electron chi connectivity index (χ4n) is 3.23. The molecule has 0 aliphatic heterocycles. The Morgan fingerprint density at radius 2 is 1.90 bits per heavy atom. The van der Waals surface area contributed by atoms with Crippen molar-refractivity contribution >= 4 is 29.1 Å². The van der Waals surface area contributed by atoms with Gasteiger partial charge in [0.2, 0.25) is 11.8 Å². The highest BCUT2D eigenvalue weighted by Crippen LogP contribution is 2.28. The Kier molecular flexibility index (Phi) is 10.4. The van der Waals surface area contributed by atoms with Gasteiger partial charge in [-0.15, -0.1) is 11.3 Å². The summed E-state index contributed by atoms with van der Waals surface area (Å²) in [5.41, 5.74) is 6.39. The number of rotatable bonds is 11. The Labute approximate surface area is 183 Å². The van der Waals surface area contributed by atoms with Crippen molar-refractivity contribution in [3.8, 4) is 0 Å². The van der Waals surface area contributed by atoms with E-state index >= 15 is 0 Å². The average Bonchev–Trinajstić information content (AvgIpc) is 3.18. The number of nitrogens with zero attached hydrogens (tertiary/aromatic N) is 2. The maximum Gasteiger partial charge on any atom is 0.357 e. The maximum absolute atomic E-state index is 12.9. The van der Waals surface area contributed by atoms with E-state index in [1.165, 1.54) is 18.3 Å². The van der Waals surface area contributed by atoms with Gasteiger partial charge in [0.15, 0.2) is 5.69 Å². The second kappa shape index (κ2) is 12.0. The lowest BCUT2D eigenvalue weighted by atomic mass is 9.93. The largest absolute Gasteiger partial charge is 0.461 e. The van der Waals surface area contributed by atoms with Crippen LogP contribution in [0.2, 0.25) is 0 Å². The Morgan fingerprint density at radius 3 is 2.40 bits per heavy atom. The van der Waals surface area contributed by atoms with Crippen LogP contribution in [0.15, 0.2) is 5.38 Å². The summed E-state index contributed by atoms with van der Waals surface area (Å²) in [4.78, 5) is 42.8. The van der Waals surface area contributed by atoms with Crippen molar-refractivity contribution in [3.63, 3.8) is 0 Å². The number of hydrogen-bond donors (Lipinski definition) is 2. The van der Waals surface area contributed by atoms with Crippen molar-refractivity contribution in [1.29, 1.82) is 0 Å². The summed E-state index contributed by atoms with van der Waals surface area (Å²) in [5, 5.41) is 5.14. The van der Waals surface area contributed by atoms with Gasteiger partial charge in [0.05, 0.1) is 18.7 Å². The van der Waals surface area contributed by atoms with Gasteiger partial charge in [-0.1, -0.05) is 34.1 Å². The van der Waals surface area contributed by atoms with Crippen LogP contribution >= 0.6 is 11.3 Å². The van der Waals surface area contributed by atoms with Gasteiger partial charge in [-0.2, -0.15) is 0 Å². The lowest BCUT2D eigenvalue weighted by molar-refractivity contribution is -0.135. The first-order valence-corrected chi connectivity index (χ1v) is 11.3. The molecule has 1 heterocycles. The number of likely N-dealkylation sites (N-methyl/N-ethyl adjacent to an activating group) is 1. The molecule has 8 nitrogen and oxygen atoms in total. The highest BCUT2D eigenvalue weighted by atomic mass is 32.1. The van der Waals surface area contributed by atoms with Crippen LogP contribution < -0.4 is 11.1 Å². The molecule has 0 aromatic carbocycles. The van der Waals surface area contributed by atoms with Crippen molar-refractivity contribution in [2.75, 3.05) is 13.7 Å². The molecular weight excluding hydrogens is 404 g/mol. The zero-order valence-corrected chi connectivity index (χ0v) is 19.9. The van der Waals surface area contributed by atoms with E-state index in [2.05, 4.69) is 10.3 Å². The fourth-order valence-corrected chi connectivity index (χ4v) is 4.08. The summed E-state index contributed by atoms with van der Waals surface area (Å²) in [5.74, 6) is -0.612. The molecule has 1 unspecified atom stereocenters. The third-order valence-electron chi connectivity index (χ3n) is 5.32. The average molecular weight is 441 g/mol. The number of nitrogens with two attached hydrogens (primary N) is 1. The number of carbonyl (C=O) groups is 3. The maximum atomic E-state index is 12.9. The minimum Gasteiger partial charge on any atom is -0.461 e. The molecule has 30 heavy (non-hydrogen) atoms. The predicted octanol–water partition coefficient (Wildman–Crippen LogP) is 2.74. The molecule has 0 aliphatic carbocycles. The van der Waals surface area contributed by atoms with Crippen LogP contribution in [0.1, 0.15) is 75.9 Å². The molecule has 0 saturated carbocycles. The lowest BCUT2D eigenvalue weighted by Crippen LogP contribution is -2.51. The van der Waals surface area contributed by atoms with Gasteiger partial charge < -0.3 is 20.7 Å². The van der Waals surface area contributed by atoms with E-state index in [4.69, 9.17) is 10.5 Å². The van der Waals surface area contributed by atoms with E-state index < -0.39 is 18.1 Å². The van der Waals surface area contributed by atoms with Crippen LogP contribution in [-0.2, 0) is 14.3 Å². The number of thiazole rings is 1. The number of nitrogens with one attached hydrogen (secondary N) is 1. The van der Waals surface area contributed by atoms with Crippen molar-refractivity contribution < 1.29 is 19.1 Å². The van der Waals surface area contributed by atoms with Gasteiger partial charge >= 0.3 is 5.97 Å². The monoisotopic (exact) mass is 440 g/mol. The van der Waals surface area contributed by atoms with E-state index in [0.29, 0.717) is 11.4 Å². The van der Waals surface area contributed by atoms with Crippen LogP contribution in [0.25, 0.3) is 0 Å². The second-order valence-electron chi connectivity index (χ2n) is 7.95. The van der Waals surface area contributed by atoms with Gasteiger partial charge in [0.25, 0.3) is 0 Å². The molecule has 0 fully saturated rings. The third-order valence-corrected chi connectivity index (χ3v) is 6.27. The zero-order chi connectivity index (χ0) is 23.0. The molecule has 0 radical (unpaired) electrons. The van der Waals surface area contributed by atoms with Crippen LogP contribution in [-0.4, -0.2) is 53.4 Å². The highest BCUT2D eigenvalue weighted by molar-refractivity contribution is 7.09. The van der Waals surface area contributed by atoms with Gasteiger partial charge in [0.1, 0.15) is 5.01 Å². The van der Waals surface area contributed by atoms with Crippen LogP contribution in [0.5, 0.6) is 0 Å². The first-order valence-electron chi connectivity index (χ1n) is 10.4. The van der Waals surface area contributed by atoms with Crippen LogP contribution in [0.3, 0.4) is 0 Å². The minimum atomic E-state index is -0.573. The summed E-state index contributed by atoms with van der Waals surface area (Å²) >= 11 is 1.29. The smallest absolute Gasteiger partial charge is 0.357 e.